The Labute approximate surface area is 107 Å². The average Bonchev–Trinajstić information content (AvgIpc) is 2.90. The molecule has 1 aromatic heterocycles. The molecule has 0 aliphatic carbocycles. The molecule has 0 spiro atoms. The third-order valence-electron chi connectivity index (χ3n) is 3.47. The van der Waals surface area contributed by atoms with Crippen LogP contribution in [0.4, 0.5) is 0 Å². The SMILES string of the molecule is CC1(C(=O)NCC(O)c2ccco2)CCCNC1. The van der Waals surface area contributed by atoms with E-state index >= 15 is 0 Å². The molecule has 2 unspecified atom stereocenters. The number of aliphatic hydroxyl groups excluding tert-OH is 1. The van der Waals surface area contributed by atoms with Crippen LogP contribution in [0, 0.1) is 5.41 Å². The smallest absolute Gasteiger partial charge is 0.227 e. The van der Waals surface area contributed by atoms with Gasteiger partial charge in [0.05, 0.1) is 18.2 Å². The monoisotopic (exact) mass is 252 g/mol. The molecule has 3 N–H and O–H groups in total. The van der Waals surface area contributed by atoms with Crippen molar-refractivity contribution in [1.29, 1.82) is 0 Å². The molecule has 2 atom stereocenters. The maximum Gasteiger partial charge on any atom is 0.227 e. The van der Waals surface area contributed by atoms with Gasteiger partial charge in [0.25, 0.3) is 0 Å². The minimum absolute atomic E-state index is 0.0136. The van der Waals surface area contributed by atoms with Gasteiger partial charge in [0.2, 0.25) is 5.91 Å². The van der Waals surface area contributed by atoms with E-state index in [0.29, 0.717) is 12.3 Å². The van der Waals surface area contributed by atoms with E-state index in [1.807, 2.05) is 6.92 Å². The second-order valence-corrected chi connectivity index (χ2v) is 5.08. The van der Waals surface area contributed by atoms with Gasteiger partial charge in [-0.1, -0.05) is 0 Å². The number of nitrogens with one attached hydrogen (secondary N) is 2. The molecule has 18 heavy (non-hydrogen) atoms. The Morgan fingerprint density at radius 3 is 3.17 bits per heavy atom. The molecule has 100 valence electrons. The molecule has 1 saturated heterocycles. The summed E-state index contributed by atoms with van der Waals surface area (Å²) in [6.07, 6.45) is 2.60. The first-order valence-corrected chi connectivity index (χ1v) is 6.32. The average molecular weight is 252 g/mol. The van der Waals surface area contributed by atoms with Gasteiger partial charge in [0.1, 0.15) is 11.9 Å². The summed E-state index contributed by atoms with van der Waals surface area (Å²) in [5.41, 5.74) is -0.374. The summed E-state index contributed by atoms with van der Waals surface area (Å²) in [6.45, 7) is 3.79. The number of carbonyl (C=O) groups excluding carboxylic acids is 1. The first-order chi connectivity index (χ1) is 8.62. The van der Waals surface area contributed by atoms with Crippen molar-refractivity contribution in [2.45, 2.75) is 25.9 Å². The molecular weight excluding hydrogens is 232 g/mol. The Balaban J connectivity index is 1.84. The highest BCUT2D eigenvalue weighted by Crippen LogP contribution is 2.25. The summed E-state index contributed by atoms with van der Waals surface area (Å²) in [6, 6.07) is 3.41. The quantitative estimate of drug-likeness (QED) is 0.741. The molecule has 2 heterocycles. The van der Waals surface area contributed by atoms with Crippen LogP contribution in [0.3, 0.4) is 0 Å². The van der Waals surface area contributed by atoms with Gasteiger partial charge in [-0.05, 0) is 38.4 Å². The highest BCUT2D eigenvalue weighted by atomic mass is 16.4. The van der Waals surface area contributed by atoms with Crippen LogP contribution >= 0.6 is 0 Å². The molecule has 5 nitrogen and oxygen atoms in total. The van der Waals surface area contributed by atoms with E-state index < -0.39 is 6.10 Å². The maximum atomic E-state index is 12.1. The molecule has 0 radical (unpaired) electrons. The van der Waals surface area contributed by atoms with Crippen molar-refractivity contribution in [3.63, 3.8) is 0 Å². The minimum atomic E-state index is -0.788. The lowest BCUT2D eigenvalue weighted by molar-refractivity contribution is -0.131. The second-order valence-electron chi connectivity index (χ2n) is 5.08. The molecule has 0 saturated carbocycles. The molecule has 1 aliphatic rings. The van der Waals surface area contributed by atoms with Crippen molar-refractivity contribution < 1.29 is 14.3 Å². The highest BCUT2D eigenvalue weighted by Gasteiger charge is 2.34. The molecular formula is C13H20N2O3. The molecule has 2 rings (SSSR count). The second kappa shape index (κ2) is 5.54. The van der Waals surface area contributed by atoms with Gasteiger partial charge >= 0.3 is 0 Å². The minimum Gasteiger partial charge on any atom is -0.467 e. The van der Waals surface area contributed by atoms with Gasteiger partial charge in [-0.3, -0.25) is 4.79 Å². The standard InChI is InChI=1S/C13H20N2O3/c1-13(5-3-6-14-9-13)12(17)15-8-10(16)11-4-2-7-18-11/h2,4,7,10,14,16H,3,5-6,8-9H2,1H3,(H,15,17). The van der Waals surface area contributed by atoms with Crippen molar-refractivity contribution in [3.05, 3.63) is 24.2 Å². The number of rotatable bonds is 4. The van der Waals surface area contributed by atoms with Crippen LogP contribution in [0.25, 0.3) is 0 Å². The van der Waals surface area contributed by atoms with E-state index in [2.05, 4.69) is 10.6 Å². The fraction of sp³-hybridized carbons (Fsp3) is 0.615. The van der Waals surface area contributed by atoms with Crippen LogP contribution in [-0.2, 0) is 4.79 Å². The Hall–Kier alpha value is -1.33. The fourth-order valence-corrected chi connectivity index (χ4v) is 2.23. The van der Waals surface area contributed by atoms with E-state index in [1.54, 1.807) is 12.1 Å². The lowest BCUT2D eigenvalue weighted by atomic mass is 9.82. The molecule has 1 fully saturated rings. The first-order valence-electron chi connectivity index (χ1n) is 6.32. The van der Waals surface area contributed by atoms with Crippen LogP contribution in [-0.4, -0.2) is 30.6 Å². The van der Waals surface area contributed by atoms with E-state index in [9.17, 15) is 9.90 Å². The van der Waals surface area contributed by atoms with Crippen molar-refractivity contribution in [3.8, 4) is 0 Å². The fourth-order valence-electron chi connectivity index (χ4n) is 2.23. The van der Waals surface area contributed by atoms with Crippen molar-refractivity contribution >= 4 is 5.91 Å². The molecule has 0 bridgehead atoms. The van der Waals surface area contributed by atoms with Crippen LogP contribution in [0.15, 0.2) is 22.8 Å². The van der Waals surface area contributed by atoms with Gasteiger partial charge in [0.15, 0.2) is 0 Å². The zero-order chi connectivity index (χ0) is 13.0. The summed E-state index contributed by atoms with van der Waals surface area (Å²) in [5.74, 6) is 0.461. The number of hydrogen-bond donors (Lipinski definition) is 3. The lowest BCUT2D eigenvalue weighted by Gasteiger charge is -2.32. The largest absolute Gasteiger partial charge is 0.467 e. The number of piperidine rings is 1. The van der Waals surface area contributed by atoms with Crippen molar-refractivity contribution in [2.24, 2.45) is 5.41 Å². The van der Waals surface area contributed by atoms with E-state index in [4.69, 9.17) is 4.42 Å². The summed E-state index contributed by atoms with van der Waals surface area (Å²) in [5, 5.41) is 15.8. The number of furan rings is 1. The summed E-state index contributed by atoms with van der Waals surface area (Å²) in [7, 11) is 0. The first kappa shape index (κ1) is 13.1. The number of hydrogen-bond acceptors (Lipinski definition) is 4. The molecule has 1 aliphatic heterocycles. The van der Waals surface area contributed by atoms with Gasteiger partial charge in [-0.2, -0.15) is 0 Å². The molecule has 0 aromatic carbocycles. The van der Waals surface area contributed by atoms with Crippen molar-refractivity contribution in [2.75, 3.05) is 19.6 Å². The van der Waals surface area contributed by atoms with Gasteiger partial charge in [-0.15, -0.1) is 0 Å². The Morgan fingerprint density at radius 1 is 1.72 bits per heavy atom. The lowest BCUT2D eigenvalue weighted by Crippen LogP contribution is -2.49. The number of amides is 1. The summed E-state index contributed by atoms with van der Waals surface area (Å²) < 4.78 is 5.08. The zero-order valence-corrected chi connectivity index (χ0v) is 10.6. The molecule has 5 heteroatoms. The predicted octanol–water partition coefficient (Wildman–Crippen LogP) is 0.819. The topological polar surface area (TPSA) is 74.5 Å². The molecule has 1 aromatic rings. The Bertz CT molecular complexity index is 383. The normalized spacial score (nSPS) is 25.7. The van der Waals surface area contributed by atoms with E-state index in [1.165, 1.54) is 6.26 Å². The highest BCUT2D eigenvalue weighted by molar-refractivity contribution is 5.82. The molecule has 1 amide bonds. The number of aliphatic hydroxyl groups is 1. The van der Waals surface area contributed by atoms with E-state index in [-0.39, 0.29) is 17.9 Å². The Kier molecular flexibility index (Phi) is 4.04. The van der Waals surface area contributed by atoms with Gasteiger partial charge in [0, 0.05) is 6.54 Å². The van der Waals surface area contributed by atoms with Crippen LogP contribution in [0.2, 0.25) is 0 Å². The summed E-state index contributed by atoms with van der Waals surface area (Å²) >= 11 is 0. The van der Waals surface area contributed by atoms with Crippen LogP contribution in [0.5, 0.6) is 0 Å². The zero-order valence-electron chi connectivity index (χ0n) is 10.6. The predicted molar refractivity (Wildman–Crippen MR) is 66.9 cm³/mol. The van der Waals surface area contributed by atoms with Crippen LogP contribution < -0.4 is 10.6 Å². The van der Waals surface area contributed by atoms with Crippen molar-refractivity contribution in [1.82, 2.24) is 10.6 Å². The number of carbonyl (C=O) groups is 1. The van der Waals surface area contributed by atoms with Gasteiger partial charge in [-0.25, -0.2) is 0 Å². The van der Waals surface area contributed by atoms with Gasteiger partial charge < -0.3 is 20.2 Å². The third-order valence-corrected chi connectivity index (χ3v) is 3.47. The maximum absolute atomic E-state index is 12.1. The Morgan fingerprint density at radius 2 is 2.56 bits per heavy atom. The van der Waals surface area contributed by atoms with Crippen LogP contribution in [0.1, 0.15) is 31.6 Å². The summed E-state index contributed by atoms with van der Waals surface area (Å²) in [4.78, 5) is 12.1. The third kappa shape index (κ3) is 2.91. The van der Waals surface area contributed by atoms with E-state index in [0.717, 1.165) is 19.4 Å².